The third-order valence-corrected chi connectivity index (χ3v) is 3.60. The van der Waals surface area contributed by atoms with E-state index >= 15 is 0 Å². The highest BCUT2D eigenvalue weighted by Crippen LogP contribution is 2.22. The SMILES string of the molecule is CCCCc1nnc(SC(C)C(=O)N(C)C)n1N. The molecule has 0 aliphatic heterocycles. The van der Waals surface area contributed by atoms with E-state index in [1.54, 1.807) is 19.0 Å². The van der Waals surface area contributed by atoms with Crippen LogP contribution in [0.5, 0.6) is 0 Å². The Morgan fingerprint density at radius 2 is 2.17 bits per heavy atom. The summed E-state index contributed by atoms with van der Waals surface area (Å²) in [6.07, 6.45) is 2.94. The van der Waals surface area contributed by atoms with E-state index in [1.165, 1.54) is 16.4 Å². The lowest BCUT2D eigenvalue weighted by Gasteiger charge is -2.15. The van der Waals surface area contributed by atoms with Gasteiger partial charge in [0, 0.05) is 20.5 Å². The van der Waals surface area contributed by atoms with Crippen LogP contribution in [0.1, 0.15) is 32.5 Å². The Balaban J connectivity index is 2.68. The van der Waals surface area contributed by atoms with Gasteiger partial charge in [-0.25, -0.2) is 4.68 Å². The summed E-state index contributed by atoms with van der Waals surface area (Å²) in [6, 6.07) is 0. The van der Waals surface area contributed by atoms with Gasteiger partial charge in [-0.3, -0.25) is 4.79 Å². The Bertz CT molecular complexity index is 404. The Kier molecular flexibility index (Phi) is 5.46. The molecule has 1 unspecified atom stereocenters. The molecule has 0 bridgehead atoms. The van der Waals surface area contributed by atoms with Gasteiger partial charge in [-0.2, -0.15) is 0 Å². The molecule has 2 N–H and O–H groups in total. The molecule has 0 aliphatic rings. The third kappa shape index (κ3) is 3.63. The lowest BCUT2D eigenvalue weighted by atomic mass is 10.2. The van der Waals surface area contributed by atoms with E-state index in [2.05, 4.69) is 17.1 Å². The summed E-state index contributed by atoms with van der Waals surface area (Å²) >= 11 is 1.33. The standard InChI is InChI=1S/C11H21N5OS/c1-5-6-7-9-13-14-11(16(9)12)18-8(2)10(17)15(3)4/h8H,5-7,12H2,1-4H3. The van der Waals surface area contributed by atoms with Crippen molar-refractivity contribution >= 4 is 17.7 Å². The number of hydrogen-bond donors (Lipinski definition) is 1. The number of carbonyl (C=O) groups excluding carboxylic acids is 1. The minimum atomic E-state index is -0.217. The van der Waals surface area contributed by atoms with Crippen molar-refractivity contribution in [2.24, 2.45) is 0 Å². The highest BCUT2D eigenvalue weighted by molar-refractivity contribution is 8.00. The van der Waals surface area contributed by atoms with Crippen molar-refractivity contribution in [1.29, 1.82) is 0 Å². The van der Waals surface area contributed by atoms with Crippen molar-refractivity contribution in [3.63, 3.8) is 0 Å². The van der Waals surface area contributed by atoms with Gasteiger partial charge in [-0.15, -0.1) is 10.2 Å². The molecule has 6 nitrogen and oxygen atoms in total. The molecule has 1 aromatic heterocycles. The molecular formula is C11H21N5OS. The van der Waals surface area contributed by atoms with E-state index in [1.807, 2.05) is 6.92 Å². The third-order valence-electron chi connectivity index (χ3n) is 2.56. The molecule has 0 spiro atoms. The molecule has 0 fully saturated rings. The van der Waals surface area contributed by atoms with Crippen LogP contribution in [-0.2, 0) is 11.2 Å². The second-order valence-electron chi connectivity index (χ2n) is 4.37. The monoisotopic (exact) mass is 271 g/mol. The maximum atomic E-state index is 11.7. The van der Waals surface area contributed by atoms with Gasteiger partial charge in [0.25, 0.3) is 0 Å². The second-order valence-corrected chi connectivity index (χ2v) is 5.67. The van der Waals surface area contributed by atoms with Gasteiger partial charge >= 0.3 is 0 Å². The average molecular weight is 271 g/mol. The van der Waals surface area contributed by atoms with Gasteiger partial charge in [-0.1, -0.05) is 25.1 Å². The van der Waals surface area contributed by atoms with Crippen LogP contribution in [0.25, 0.3) is 0 Å². The molecule has 18 heavy (non-hydrogen) atoms. The molecular weight excluding hydrogens is 250 g/mol. The molecule has 0 aromatic carbocycles. The molecule has 102 valence electrons. The van der Waals surface area contributed by atoms with Crippen LogP contribution < -0.4 is 5.84 Å². The van der Waals surface area contributed by atoms with Gasteiger partial charge in [-0.05, 0) is 13.3 Å². The highest BCUT2D eigenvalue weighted by atomic mass is 32.2. The number of nitrogens with two attached hydrogens (primary N) is 1. The van der Waals surface area contributed by atoms with Crippen LogP contribution in [0, 0.1) is 0 Å². The molecule has 0 saturated heterocycles. The summed E-state index contributed by atoms with van der Waals surface area (Å²) in [5.74, 6) is 6.72. The maximum absolute atomic E-state index is 11.7. The van der Waals surface area contributed by atoms with E-state index < -0.39 is 0 Å². The summed E-state index contributed by atoms with van der Waals surface area (Å²) in [5, 5.41) is 8.45. The molecule has 1 heterocycles. The van der Waals surface area contributed by atoms with E-state index in [-0.39, 0.29) is 11.2 Å². The fourth-order valence-electron chi connectivity index (χ4n) is 1.47. The summed E-state index contributed by atoms with van der Waals surface area (Å²) in [4.78, 5) is 13.3. The number of aromatic nitrogens is 3. The minimum absolute atomic E-state index is 0.0399. The predicted octanol–water partition coefficient (Wildman–Crippen LogP) is 0.903. The van der Waals surface area contributed by atoms with Crippen LogP contribution in [0.2, 0.25) is 0 Å². The highest BCUT2D eigenvalue weighted by Gasteiger charge is 2.20. The zero-order chi connectivity index (χ0) is 13.7. The minimum Gasteiger partial charge on any atom is -0.348 e. The van der Waals surface area contributed by atoms with E-state index in [4.69, 9.17) is 5.84 Å². The molecule has 1 atom stereocenters. The van der Waals surface area contributed by atoms with Crippen molar-refractivity contribution in [3.8, 4) is 0 Å². The first-order chi connectivity index (χ1) is 8.47. The molecule has 1 aromatic rings. The normalized spacial score (nSPS) is 12.4. The number of hydrogen-bond acceptors (Lipinski definition) is 5. The Morgan fingerprint density at radius 1 is 1.50 bits per heavy atom. The Labute approximate surface area is 112 Å². The number of thioether (sulfide) groups is 1. The summed E-state index contributed by atoms with van der Waals surface area (Å²) in [6.45, 7) is 3.96. The van der Waals surface area contributed by atoms with Crippen LogP contribution in [0.15, 0.2) is 5.16 Å². The van der Waals surface area contributed by atoms with Crippen molar-refractivity contribution in [2.45, 2.75) is 43.5 Å². The van der Waals surface area contributed by atoms with E-state index in [9.17, 15) is 4.79 Å². The lowest BCUT2D eigenvalue weighted by Crippen LogP contribution is -2.30. The van der Waals surface area contributed by atoms with E-state index in [0.717, 1.165) is 25.1 Å². The fraction of sp³-hybridized carbons (Fsp3) is 0.727. The topological polar surface area (TPSA) is 77.0 Å². The van der Waals surface area contributed by atoms with Crippen molar-refractivity contribution in [2.75, 3.05) is 19.9 Å². The number of nitrogen functional groups attached to an aromatic ring is 1. The Morgan fingerprint density at radius 3 is 2.72 bits per heavy atom. The number of unbranched alkanes of at least 4 members (excludes halogenated alkanes) is 1. The summed E-state index contributed by atoms with van der Waals surface area (Å²) in [5.41, 5.74) is 0. The van der Waals surface area contributed by atoms with Gasteiger partial charge < -0.3 is 10.7 Å². The number of carbonyl (C=O) groups is 1. The number of nitrogens with zero attached hydrogens (tertiary/aromatic N) is 4. The average Bonchev–Trinajstić information content (AvgIpc) is 2.67. The molecule has 0 aliphatic carbocycles. The van der Waals surface area contributed by atoms with Crippen LogP contribution in [0.4, 0.5) is 0 Å². The van der Waals surface area contributed by atoms with Crippen molar-refractivity contribution < 1.29 is 4.79 Å². The van der Waals surface area contributed by atoms with Gasteiger partial charge in [0.1, 0.15) is 0 Å². The molecule has 0 radical (unpaired) electrons. The van der Waals surface area contributed by atoms with Crippen molar-refractivity contribution in [3.05, 3.63) is 5.82 Å². The molecule has 1 amide bonds. The maximum Gasteiger partial charge on any atom is 0.235 e. The van der Waals surface area contributed by atoms with Gasteiger partial charge in [0.2, 0.25) is 11.1 Å². The zero-order valence-electron chi connectivity index (χ0n) is 11.4. The van der Waals surface area contributed by atoms with Crippen LogP contribution in [0.3, 0.4) is 0 Å². The molecule has 1 rings (SSSR count). The van der Waals surface area contributed by atoms with E-state index in [0.29, 0.717) is 5.16 Å². The first-order valence-corrected chi connectivity index (χ1v) is 6.92. The first kappa shape index (κ1) is 14.8. The zero-order valence-corrected chi connectivity index (χ0v) is 12.2. The summed E-state index contributed by atoms with van der Waals surface area (Å²) in [7, 11) is 3.47. The molecule has 0 saturated carbocycles. The van der Waals surface area contributed by atoms with Gasteiger partial charge in [0.15, 0.2) is 5.82 Å². The molecule has 7 heteroatoms. The fourth-order valence-corrected chi connectivity index (χ4v) is 2.40. The summed E-state index contributed by atoms with van der Waals surface area (Å²) < 4.78 is 1.49. The van der Waals surface area contributed by atoms with Crippen molar-refractivity contribution in [1.82, 2.24) is 19.8 Å². The quantitative estimate of drug-likeness (QED) is 0.614. The smallest absolute Gasteiger partial charge is 0.235 e. The number of aryl methyl sites for hydroxylation is 1. The predicted molar refractivity (Wildman–Crippen MR) is 72.8 cm³/mol. The largest absolute Gasteiger partial charge is 0.348 e. The lowest BCUT2D eigenvalue weighted by molar-refractivity contribution is -0.127. The number of rotatable bonds is 6. The first-order valence-electron chi connectivity index (χ1n) is 6.04. The van der Waals surface area contributed by atoms with Crippen LogP contribution in [-0.4, -0.2) is 45.0 Å². The Hall–Kier alpha value is -1.24. The van der Waals surface area contributed by atoms with Crippen LogP contribution >= 0.6 is 11.8 Å². The number of amides is 1. The second kappa shape index (κ2) is 6.63. The van der Waals surface area contributed by atoms with Gasteiger partial charge in [0.05, 0.1) is 5.25 Å².